The maximum atomic E-state index is 12.5. The van der Waals surface area contributed by atoms with Crippen LogP contribution in [0.4, 0.5) is 16.4 Å². The molecule has 9 heteroatoms. The van der Waals surface area contributed by atoms with Crippen molar-refractivity contribution in [2.75, 3.05) is 17.6 Å². The first-order valence-corrected chi connectivity index (χ1v) is 9.00. The van der Waals surface area contributed by atoms with Gasteiger partial charge in [-0.05, 0) is 24.1 Å². The van der Waals surface area contributed by atoms with Gasteiger partial charge >= 0.3 is 6.09 Å². The SMILES string of the molecule is Cn1c(NC[C@H](Cc2ccccc2)NC(=O)O)nc(-c2ccncc2)c(N)c1=O. The summed E-state index contributed by atoms with van der Waals surface area (Å²) in [6.07, 6.45) is 2.55. The van der Waals surface area contributed by atoms with Gasteiger partial charge in [-0.25, -0.2) is 9.78 Å². The molecule has 2 aromatic heterocycles. The van der Waals surface area contributed by atoms with E-state index >= 15 is 0 Å². The maximum Gasteiger partial charge on any atom is 0.404 e. The molecule has 3 aromatic rings. The summed E-state index contributed by atoms with van der Waals surface area (Å²) in [7, 11) is 1.56. The number of nitrogens with one attached hydrogen (secondary N) is 2. The Morgan fingerprint density at radius 3 is 2.55 bits per heavy atom. The van der Waals surface area contributed by atoms with Crippen molar-refractivity contribution in [3.63, 3.8) is 0 Å². The predicted octanol–water partition coefficient (Wildman–Crippen LogP) is 1.72. The van der Waals surface area contributed by atoms with Crippen molar-refractivity contribution >= 4 is 17.7 Å². The molecule has 3 rings (SSSR count). The van der Waals surface area contributed by atoms with Crippen molar-refractivity contribution in [1.29, 1.82) is 0 Å². The molecule has 0 aliphatic rings. The first kappa shape index (κ1) is 19.9. The number of hydrogen-bond donors (Lipinski definition) is 4. The van der Waals surface area contributed by atoms with E-state index in [1.807, 2.05) is 30.3 Å². The van der Waals surface area contributed by atoms with Crippen molar-refractivity contribution in [3.05, 3.63) is 70.8 Å². The molecule has 150 valence electrons. The smallest absolute Gasteiger partial charge is 0.404 e. The zero-order valence-corrected chi connectivity index (χ0v) is 15.9. The summed E-state index contributed by atoms with van der Waals surface area (Å²) in [5, 5.41) is 14.7. The van der Waals surface area contributed by atoms with Crippen molar-refractivity contribution in [3.8, 4) is 11.3 Å². The lowest BCUT2D eigenvalue weighted by atomic mass is 10.1. The molecular weight excluding hydrogens is 372 g/mol. The maximum absolute atomic E-state index is 12.5. The van der Waals surface area contributed by atoms with Crippen molar-refractivity contribution < 1.29 is 9.90 Å². The van der Waals surface area contributed by atoms with Crippen LogP contribution in [0.25, 0.3) is 11.3 Å². The Balaban J connectivity index is 1.85. The van der Waals surface area contributed by atoms with E-state index < -0.39 is 12.1 Å². The predicted molar refractivity (Wildman–Crippen MR) is 111 cm³/mol. The van der Waals surface area contributed by atoms with Gasteiger partial charge in [-0.1, -0.05) is 30.3 Å². The Morgan fingerprint density at radius 2 is 1.90 bits per heavy atom. The first-order chi connectivity index (χ1) is 14.0. The van der Waals surface area contributed by atoms with Gasteiger partial charge in [-0.2, -0.15) is 0 Å². The summed E-state index contributed by atoms with van der Waals surface area (Å²) in [5.74, 6) is 0.293. The lowest BCUT2D eigenvalue weighted by Crippen LogP contribution is -2.41. The summed E-state index contributed by atoms with van der Waals surface area (Å²) in [6, 6.07) is 12.5. The summed E-state index contributed by atoms with van der Waals surface area (Å²) in [6.45, 7) is 0.237. The van der Waals surface area contributed by atoms with Crippen LogP contribution in [0.3, 0.4) is 0 Å². The Labute approximate surface area is 167 Å². The van der Waals surface area contributed by atoms with Crippen LogP contribution in [-0.2, 0) is 13.5 Å². The van der Waals surface area contributed by atoms with Gasteiger partial charge in [0.2, 0.25) is 5.95 Å². The van der Waals surface area contributed by atoms with Crippen LogP contribution < -0.4 is 21.9 Å². The number of hydrogen-bond acceptors (Lipinski definition) is 6. The minimum absolute atomic E-state index is 0.0359. The number of carbonyl (C=O) groups is 1. The topological polar surface area (TPSA) is 135 Å². The summed E-state index contributed by atoms with van der Waals surface area (Å²) >= 11 is 0. The Morgan fingerprint density at radius 1 is 1.21 bits per heavy atom. The van der Waals surface area contributed by atoms with Gasteiger partial charge in [0, 0.05) is 31.5 Å². The number of nitrogens with two attached hydrogens (primary N) is 1. The molecule has 1 atom stereocenters. The molecule has 0 saturated carbocycles. The number of anilines is 2. The molecular formula is C20H22N6O3. The molecule has 1 amide bonds. The van der Waals surface area contributed by atoms with Crippen LogP contribution in [-0.4, -0.2) is 38.3 Å². The van der Waals surface area contributed by atoms with Crippen molar-refractivity contribution in [2.45, 2.75) is 12.5 Å². The summed E-state index contributed by atoms with van der Waals surface area (Å²) < 4.78 is 1.31. The lowest BCUT2D eigenvalue weighted by Gasteiger charge is -2.20. The van der Waals surface area contributed by atoms with Crippen LogP contribution >= 0.6 is 0 Å². The second-order valence-corrected chi connectivity index (χ2v) is 6.51. The third-order valence-corrected chi connectivity index (χ3v) is 4.44. The highest BCUT2D eigenvalue weighted by Crippen LogP contribution is 2.21. The highest BCUT2D eigenvalue weighted by atomic mass is 16.4. The van der Waals surface area contributed by atoms with E-state index in [4.69, 9.17) is 10.8 Å². The standard InChI is InChI=1S/C20H22N6O3/c1-26-18(27)16(21)17(14-7-9-22-10-8-14)25-19(26)23-12-15(24-20(28)29)11-13-5-3-2-4-6-13/h2-10,15,24H,11-12,21H2,1H3,(H,23,25)(H,28,29)/t15-/m0/s1. The fourth-order valence-electron chi connectivity index (χ4n) is 2.97. The van der Waals surface area contributed by atoms with E-state index in [2.05, 4.69) is 20.6 Å². The van der Waals surface area contributed by atoms with Gasteiger partial charge in [0.15, 0.2) is 0 Å². The van der Waals surface area contributed by atoms with E-state index in [1.165, 1.54) is 4.57 Å². The number of pyridine rings is 1. The number of aromatic nitrogens is 3. The molecule has 0 spiro atoms. The molecule has 0 bridgehead atoms. The first-order valence-electron chi connectivity index (χ1n) is 9.00. The second kappa shape index (κ2) is 8.87. The van der Waals surface area contributed by atoms with Crippen molar-refractivity contribution in [2.24, 2.45) is 7.05 Å². The van der Waals surface area contributed by atoms with Crippen LogP contribution in [0.5, 0.6) is 0 Å². The zero-order valence-electron chi connectivity index (χ0n) is 15.9. The normalized spacial score (nSPS) is 11.6. The van der Waals surface area contributed by atoms with Crippen LogP contribution in [0.15, 0.2) is 59.7 Å². The molecule has 0 aliphatic carbocycles. The fourth-order valence-corrected chi connectivity index (χ4v) is 2.97. The van der Waals surface area contributed by atoms with Gasteiger partial charge in [0.1, 0.15) is 11.4 Å². The van der Waals surface area contributed by atoms with Gasteiger partial charge in [0.05, 0.1) is 6.04 Å². The molecule has 2 heterocycles. The molecule has 0 aliphatic heterocycles. The largest absolute Gasteiger partial charge is 0.465 e. The quantitative estimate of drug-likeness (QED) is 0.479. The van der Waals surface area contributed by atoms with Gasteiger partial charge in [-0.3, -0.25) is 14.3 Å². The molecule has 9 nitrogen and oxygen atoms in total. The fraction of sp³-hybridized carbons (Fsp3) is 0.200. The Hall–Kier alpha value is -3.88. The Bertz CT molecular complexity index is 1040. The summed E-state index contributed by atoms with van der Waals surface area (Å²) in [5.41, 5.74) is 7.63. The molecule has 0 radical (unpaired) electrons. The molecule has 1 aromatic carbocycles. The van der Waals surface area contributed by atoms with E-state index in [0.717, 1.165) is 5.56 Å². The number of benzene rings is 1. The number of nitrogen functional groups attached to an aromatic ring is 1. The molecule has 29 heavy (non-hydrogen) atoms. The third-order valence-electron chi connectivity index (χ3n) is 4.44. The number of carboxylic acid groups (broad SMARTS) is 1. The van der Waals surface area contributed by atoms with E-state index in [9.17, 15) is 9.59 Å². The number of rotatable bonds is 7. The highest BCUT2D eigenvalue weighted by Gasteiger charge is 2.17. The monoisotopic (exact) mass is 394 g/mol. The molecule has 0 saturated heterocycles. The summed E-state index contributed by atoms with van der Waals surface area (Å²) in [4.78, 5) is 32.2. The minimum Gasteiger partial charge on any atom is -0.465 e. The van der Waals surface area contributed by atoms with Crippen LogP contribution in [0.1, 0.15) is 5.56 Å². The Kier molecular flexibility index (Phi) is 6.08. The van der Waals surface area contributed by atoms with Gasteiger partial charge < -0.3 is 21.5 Å². The minimum atomic E-state index is -1.12. The average molecular weight is 394 g/mol. The lowest BCUT2D eigenvalue weighted by molar-refractivity contribution is 0.190. The van der Waals surface area contributed by atoms with Crippen molar-refractivity contribution in [1.82, 2.24) is 19.9 Å². The van der Waals surface area contributed by atoms with Crippen LogP contribution in [0, 0.1) is 0 Å². The van der Waals surface area contributed by atoms with Gasteiger partial charge in [0.25, 0.3) is 5.56 Å². The van der Waals surface area contributed by atoms with E-state index in [0.29, 0.717) is 23.6 Å². The molecule has 0 unspecified atom stereocenters. The molecule has 5 N–H and O–H groups in total. The second-order valence-electron chi connectivity index (χ2n) is 6.51. The van der Waals surface area contributed by atoms with E-state index in [1.54, 1.807) is 31.6 Å². The number of amides is 1. The van der Waals surface area contributed by atoms with E-state index in [-0.39, 0.29) is 17.8 Å². The molecule has 0 fully saturated rings. The highest BCUT2D eigenvalue weighted by molar-refractivity contribution is 5.72. The average Bonchev–Trinajstić information content (AvgIpc) is 2.72. The number of nitrogens with zero attached hydrogens (tertiary/aromatic N) is 3. The third kappa shape index (κ3) is 4.89. The van der Waals surface area contributed by atoms with Crippen LogP contribution in [0.2, 0.25) is 0 Å². The van der Waals surface area contributed by atoms with Gasteiger partial charge in [-0.15, -0.1) is 0 Å². The zero-order chi connectivity index (χ0) is 20.8.